The molecule has 1 aromatic carbocycles. The maximum atomic E-state index is 11.2. The number of hydrogen-bond donors (Lipinski definition) is 3. The number of hydrogen-bond acceptors (Lipinski definition) is 5. The smallest absolute Gasteiger partial charge is 0.313 e. The van der Waals surface area contributed by atoms with E-state index in [1.165, 1.54) is 0 Å². The number of fused-ring (bicyclic) bond motifs is 1. The summed E-state index contributed by atoms with van der Waals surface area (Å²) in [5, 5.41) is 16.8. The number of carbonyl (C=O) groups excluding carboxylic acids is 1. The number of primary amides is 1. The molecule has 4 N–H and O–H groups in total. The molecule has 3 aromatic rings. The minimum absolute atomic E-state index is 0.0648. The predicted octanol–water partition coefficient (Wildman–Crippen LogP) is 1.09. The second kappa shape index (κ2) is 6.13. The number of aliphatic carboxylic acids is 1. The van der Waals surface area contributed by atoms with E-state index >= 15 is 0 Å². The van der Waals surface area contributed by atoms with E-state index in [-0.39, 0.29) is 12.3 Å². The predicted molar refractivity (Wildman–Crippen MR) is 84.9 cm³/mol. The highest BCUT2D eigenvalue weighted by Crippen LogP contribution is 2.29. The third-order valence-corrected chi connectivity index (χ3v) is 3.99. The molecule has 23 heavy (non-hydrogen) atoms. The summed E-state index contributed by atoms with van der Waals surface area (Å²) in [5.74, 6) is -0.968. The Morgan fingerprint density at radius 3 is 2.87 bits per heavy atom. The van der Waals surface area contributed by atoms with Crippen LogP contribution in [-0.2, 0) is 16.1 Å². The van der Waals surface area contributed by atoms with Gasteiger partial charge in [-0.2, -0.15) is 0 Å². The number of carboxylic acid groups (broad SMARTS) is 1. The van der Waals surface area contributed by atoms with Crippen LogP contribution >= 0.6 is 11.8 Å². The van der Waals surface area contributed by atoms with Gasteiger partial charge in [-0.1, -0.05) is 30.0 Å². The molecule has 0 radical (unpaired) electrons. The number of carbonyl (C=O) groups is 2. The molecular formula is C14H13N5O3S. The van der Waals surface area contributed by atoms with Crippen molar-refractivity contribution in [2.45, 2.75) is 11.7 Å². The summed E-state index contributed by atoms with van der Waals surface area (Å²) in [6.07, 6.45) is 1.78. The second-order valence-electron chi connectivity index (χ2n) is 4.80. The minimum Gasteiger partial charge on any atom is -0.481 e. The van der Waals surface area contributed by atoms with Gasteiger partial charge in [0.25, 0.3) is 0 Å². The Labute approximate surface area is 134 Å². The normalized spacial score (nSPS) is 11.0. The van der Waals surface area contributed by atoms with E-state index in [0.717, 1.165) is 28.2 Å². The Balaban J connectivity index is 1.99. The first-order valence-electron chi connectivity index (χ1n) is 6.68. The van der Waals surface area contributed by atoms with Gasteiger partial charge in [-0.15, -0.1) is 5.10 Å². The Kier molecular flexibility index (Phi) is 4.02. The maximum Gasteiger partial charge on any atom is 0.313 e. The number of thioether (sulfide) groups is 1. The van der Waals surface area contributed by atoms with Gasteiger partial charge in [0.15, 0.2) is 5.82 Å². The monoisotopic (exact) mass is 331 g/mol. The number of carboxylic acids is 1. The van der Waals surface area contributed by atoms with Gasteiger partial charge in [0, 0.05) is 22.7 Å². The molecular weight excluding hydrogens is 318 g/mol. The molecule has 0 fully saturated rings. The Hall–Kier alpha value is -2.81. The van der Waals surface area contributed by atoms with E-state index in [1.807, 2.05) is 24.3 Å². The van der Waals surface area contributed by atoms with E-state index < -0.39 is 11.9 Å². The number of para-hydroxylation sites is 1. The van der Waals surface area contributed by atoms with Gasteiger partial charge >= 0.3 is 5.97 Å². The van der Waals surface area contributed by atoms with Crippen molar-refractivity contribution in [2.24, 2.45) is 5.73 Å². The van der Waals surface area contributed by atoms with Crippen molar-refractivity contribution in [2.75, 3.05) is 5.75 Å². The van der Waals surface area contributed by atoms with E-state index in [2.05, 4.69) is 15.2 Å². The van der Waals surface area contributed by atoms with Crippen molar-refractivity contribution in [1.82, 2.24) is 19.7 Å². The van der Waals surface area contributed by atoms with E-state index in [1.54, 1.807) is 10.8 Å². The molecule has 0 aliphatic heterocycles. The quantitative estimate of drug-likeness (QED) is 0.580. The number of amides is 1. The third-order valence-electron chi connectivity index (χ3n) is 3.16. The van der Waals surface area contributed by atoms with Crippen LogP contribution in [0.2, 0.25) is 0 Å². The van der Waals surface area contributed by atoms with Gasteiger partial charge in [-0.25, -0.2) is 4.98 Å². The van der Waals surface area contributed by atoms with Gasteiger partial charge in [0.05, 0.1) is 5.75 Å². The average Bonchev–Trinajstić information content (AvgIpc) is 3.10. The van der Waals surface area contributed by atoms with Crippen molar-refractivity contribution < 1.29 is 14.7 Å². The minimum atomic E-state index is -0.931. The van der Waals surface area contributed by atoms with Crippen LogP contribution in [0.5, 0.6) is 0 Å². The summed E-state index contributed by atoms with van der Waals surface area (Å²) in [7, 11) is 0. The molecule has 0 atom stereocenters. The van der Waals surface area contributed by atoms with E-state index in [0.29, 0.717) is 11.0 Å². The Morgan fingerprint density at radius 2 is 2.13 bits per heavy atom. The van der Waals surface area contributed by atoms with Gasteiger partial charge < -0.3 is 15.4 Å². The number of nitrogens with one attached hydrogen (secondary N) is 1. The Morgan fingerprint density at radius 1 is 1.35 bits per heavy atom. The number of nitrogens with zero attached hydrogens (tertiary/aromatic N) is 3. The number of H-pyrrole nitrogens is 1. The van der Waals surface area contributed by atoms with Gasteiger partial charge in [-0.3, -0.25) is 14.7 Å². The highest BCUT2D eigenvalue weighted by molar-refractivity contribution is 7.99. The zero-order valence-corrected chi connectivity index (χ0v) is 12.7. The van der Waals surface area contributed by atoms with Crippen LogP contribution in [-0.4, -0.2) is 42.5 Å². The van der Waals surface area contributed by atoms with Gasteiger partial charge in [-0.05, 0) is 6.07 Å². The molecule has 1 amide bonds. The van der Waals surface area contributed by atoms with Crippen LogP contribution in [0.1, 0.15) is 0 Å². The summed E-state index contributed by atoms with van der Waals surface area (Å²) in [5.41, 5.74) is 6.91. The summed E-state index contributed by atoms with van der Waals surface area (Å²) < 4.78 is 1.75. The molecule has 0 spiro atoms. The molecule has 0 saturated heterocycles. The highest BCUT2D eigenvalue weighted by Gasteiger charge is 2.15. The molecule has 0 saturated carbocycles. The lowest BCUT2D eigenvalue weighted by Gasteiger charge is -2.00. The molecule has 3 rings (SSSR count). The van der Waals surface area contributed by atoms with Crippen LogP contribution in [0, 0.1) is 0 Å². The SMILES string of the molecule is NC(=O)Cn1cc(-c2nc(SCC(=O)O)n[nH]2)c2ccccc21. The van der Waals surface area contributed by atoms with Crippen LogP contribution in [0.15, 0.2) is 35.6 Å². The maximum absolute atomic E-state index is 11.2. The third kappa shape index (κ3) is 3.19. The highest BCUT2D eigenvalue weighted by atomic mass is 32.2. The molecule has 0 aliphatic carbocycles. The summed E-state index contributed by atoms with van der Waals surface area (Å²) in [6.45, 7) is 0.0648. The van der Waals surface area contributed by atoms with Gasteiger partial charge in [0.1, 0.15) is 6.54 Å². The fraction of sp³-hybridized carbons (Fsp3) is 0.143. The molecule has 8 nitrogen and oxygen atoms in total. The lowest BCUT2D eigenvalue weighted by Crippen LogP contribution is -2.17. The fourth-order valence-electron chi connectivity index (χ4n) is 2.29. The standard InChI is InChI=1S/C14H13N5O3S/c15-11(20)6-19-5-9(8-3-1-2-4-10(8)19)13-16-14(18-17-13)23-7-12(21)22/h1-5H,6-7H2,(H2,15,20)(H,21,22)(H,16,17,18). The van der Waals surface area contributed by atoms with Crippen molar-refractivity contribution in [3.05, 3.63) is 30.5 Å². The summed E-state index contributed by atoms with van der Waals surface area (Å²) in [6, 6.07) is 7.56. The zero-order chi connectivity index (χ0) is 16.4. The number of rotatable bonds is 6. The number of aromatic amines is 1. The number of aromatic nitrogens is 4. The first-order chi connectivity index (χ1) is 11.0. The van der Waals surface area contributed by atoms with Crippen molar-refractivity contribution in [3.63, 3.8) is 0 Å². The van der Waals surface area contributed by atoms with Crippen molar-refractivity contribution in [1.29, 1.82) is 0 Å². The van der Waals surface area contributed by atoms with Crippen molar-refractivity contribution >= 4 is 34.5 Å². The molecule has 0 bridgehead atoms. The van der Waals surface area contributed by atoms with Crippen LogP contribution < -0.4 is 5.73 Å². The molecule has 2 aromatic heterocycles. The van der Waals surface area contributed by atoms with E-state index in [9.17, 15) is 9.59 Å². The van der Waals surface area contributed by atoms with Gasteiger partial charge in [0.2, 0.25) is 11.1 Å². The summed E-state index contributed by atoms with van der Waals surface area (Å²) >= 11 is 1.03. The molecule has 0 unspecified atom stereocenters. The molecule has 9 heteroatoms. The first kappa shape index (κ1) is 15.1. The largest absolute Gasteiger partial charge is 0.481 e. The number of nitrogens with two attached hydrogens (primary N) is 1. The topological polar surface area (TPSA) is 127 Å². The van der Waals surface area contributed by atoms with E-state index in [4.69, 9.17) is 10.8 Å². The van der Waals surface area contributed by atoms with Crippen molar-refractivity contribution in [3.8, 4) is 11.4 Å². The zero-order valence-electron chi connectivity index (χ0n) is 11.9. The molecule has 118 valence electrons. The van der Waals surface area contributed by atoms with Crippen LogP contribution in [0.3, 0.4) is 0 Å². The fourth-order valence-corrected chi connectivity index (χ4v) is 2.81. The Bertz CT molecular complexity index is 886. The molecule has 2 heterocycles. The number of benzene rings is 1. The lowest BCUT2D eigenvalue weighted by atomic mass is 10.2. The lowest BCUT2D eigenvalue weighted by molar-refractivity contribution is -0.133. The van der Waals surface area contributed by atoms with Crippen LogP contribution in [0.4, 0.5) is 0 Å². The molecule has 0 aliphatic rings. The van der Waals surface area contributed by atoms with Crippen LogP contribution in [0.25, 0.3) is 22.3 Å². The first-order valence-corrected chi connectivity index (χ1v) is 7.66. The second-order valence-corrected chi connectivity index (χ2v) is 5.75. The summed E-state index contributed by atoms with van der Waals surface area (Å²) in [4.78, 5) is 26.1. The average molecular weight is 331 g/mol.